The molecule has 2 heteroatoms. The van der Waals surface area contributed by atoms with E-state index < -0.39 is 0 Å². The molecule has 2 nitrogen and oxygen atoms in total. The average molecular weight is 226 g/mol. The normalized spacial score (nSPS) is 35.1. The van der Waals surface area contributed by atoms with Crippen LogP contribution in [0.5, 0.6) is 0 Å². The van der Waals surface area contributed by atoms with E-state index >= 15 is 0 Å². The third kappa shape index (κ3) is 2.60. The second kappa shape index (κ2) is 5.50. The van der Waals surface area contributed by atoms with Crippen molar-refractivity contribution in [2.24, 2.45) is 17.6 Å². The van der Waals surface area contributed by atoms with E-state index in [9.17, 15) is 0 Å². The van der Waals surface area contributed by atoms with E-state index in [1.165, 1.54) is 32.1 Å². The van der Waals surface area contributed by atoms with Gasteiger partial charge in [0.15, 0.2) is 0 Å². The summed E-state index contributed by atoms with van der Waals surface area (Å²) in [4.78, 5) is 2.40. The molecule has 0 aliphatic heterocycles. The summed E-state index contributed by atoms with van der Waals surface area (Å²) < 4.78 is 0. The zero-order valence-electron chi connectivity index (χ0n) is 11.8. The Kier molecular flexibility index (Phi) is 4.81. The number of hydrogen-bond acceptors (Lipinski definition) is 2. The van der Waals surface area contributed by atoms with Crippen LogP contribution in [0.3, 0.4) is 0 Å². The van der Waals surface area contributed by atoms with E-state index in [1.807, 2.05) is 0 Å². The van der Waals surface area contributed by atoms with E-state index in [4.69, 9.17) is 5.73 Å². The van der Waals surface area contributed by atoms with Crippen LogP contribution in [-0.2, 0) is 0 Å². The monoisotopic (exact) mass is 226 g/mol. The largest absolute Gasteiger partial charge is 0.326 e. The van der Waals surface area contributed by atoms with Crippen molar-refractivity contribution in [3.05, 3.63) is 0 Å². The summed E-state index contributed by atoms with van der Waals surface area (Å²) in [7, 11) is 4.41. The first-order valence-corrected chi connectivity index (χ1v) is 6.87. The lowest BCUT2D eigenvalue weighted by molar-refractivity contribution is 0.0384. The number of rotatable bonds is 4. The summed E-state index contributed by atoms with van der Waals surface area (Å²) in [5, 5.41) is 0. The minimum atomic E-state index is 0.252. The molecule has 16 heavy (non-hydrogen) atoms. The number of nitrogens with two attached hydrogens (primary N) is 1. The lowest BCUT2D eigenvalue weighted by Gasteiger charge is -2.50. The second-order valence-corrected chi connectivity index (χ2v) is 6.09. The minimum absolute atomic E-state index is 0.252. The van der Waals surface area contributed by atoms with Crippen LogP contribution in [0, 0.1) is 11.8 Å². The van der Waals surface area contributed by atoms with Gasteiger partial charge in [0.05, 0.1) is 0 Å². The fourth-order valence-corrected chi connectivity index (χ4v) is 3.12. The highest BCUT2D eigenvalue weighted by Gasteiger charge is 2.42. The van der Waals surface area contributed by atoms with Gasteiger partial charge in [-0.3, -0.25) is 0 Å². The SMILES string of the molecule is CCC(C)C(N)C1(N(C)C)CCC(C)CC1. The van der Waals surface area contributed by atoms with Gasteiger partial charge >= 0.3 is 0 Å². The molecule has 1 fully saturated rings. The van der Waals surface area contributed by atoms with Crippen molar-refractivity contribution in [2.75, 3.05) is 14.1 Å². The molecule has 0 radical (unpaired) electrons. The molecule has 0 bridgehead atoms. The van der Waals surface area contributed by atoms with Crippen molar-refractivity contribution in [1.82, 2.24) is 4.90 Å². The molecule has 1 aliphatic rings. The molecule has 0 saturated heterocycles. The maximum atomic E-state index is 6.54. The van der Waals surface area contributed by atoms with Crippen LogP contribution in [-0.4, -0.2) is 30.6 Å². The van der Waals surface area contributed by atoms with Gasteiger partial charge < -0.3 is 10.6 Å². The fourth-order valence-electron chi connectivity index (χ4n) is 3.12. The Labute approximate surface area is 102 Å². The van der Waals surface area contributed by atoms with Crippen molar-refractivity contribution in [2.45, 2.75) is 64.5 Å². The Bertz CT molecular complexity index is 205. The van der Waals surface area contributed by atoms with Crippen molar-refractivity contribution in [3.8, 4) is 0 Å². The molecule has 0 amide bonds. The number of nitrogens with zero attached hydrogens (tertiary/aromatic N) is 1. The van der Waals surface area contributed by atoms with Gasteiger partial charge in [-0.15, -0.1) is 0 Å². The summed E-state index contributed by atoms with van der Waals surface area (Å²) >= 11 is 0. The Morgan fingerprint density at radius 3 is 2.19 bits per heavy atom. The standard InChI is InChI=1S/C14H30N2/c1-6-12(3)13(15)14(16(4)5)9-7-11(2)8-10-14/h11-13H,6-10,15H2,1-5H3. The predicted octanol–water partition coefficient (Wildman–Crippen LogP) is 2.87. The minimum Gasteiger partial charge on any atom is -0.326 e. The molecule has 0 spiro atoms. The third-order valence-electron chi connectivity index (χ3n) is 4.91. The van der Waals surface area contributed by atoms with Crippen molar-refractivity contribution in [3.63, 3.8) is 0 Å². The molecular weight excluding hydrogens is 196 g/mol. The zero-order valence-corrected chi connectivity index (χ0v) is 11.8. The fraction of sp³-hybridized carbons (Fsp3) is 1.00. The van der Waals surface area contributed by atoms with Gasteiger partial charge in [0, 0.05) is 11.6 Å². The summed E-state index contributed by atoms with van der Waals surface area (Å²) in [5.74, 6) is 1.51. The van der Waals surface area contributed by atoms with Gasteiger partial charge in [0.2, 0.25) is 0 Å². The Hall–Kier alpha value is -0.0800. The summed E-state index contributed by atoms with van der Waals surface area (Å²) in [6, 6.07) is 0.319. The molecule has 0 aromatic carbocycles. The van der Waals surface area contributed by atoms with E-state index in [0.717, 1.165) is 5.92 Å². The van der Waals surface area contributed by atoms with Crippen LogP contribution in [0.25, 0.3) is 0 Å². The molecule has 96 valence electrons. The smallest absolute Gasteiger partial charge is 0.0357 e. The highest BCUT2D eigenvalue weighted by Crippen LogP contribution is 2.39. The van der Waals surface area contributed by atoms with E-state index in [0.29, 0.717) is 12.0 Å². The second-order valence-electron chi connectivity index (χ2n) is 6.09. The Balaban J connectivity index is 2.80. The van der Waals surface area contributed by atoms with E-state index in [-0.39, 0.29) is 5.54 Å². The molecule has 0 heterocycles. The zero-order chi connectivity index (χ0) is 12.3. The molecule has 1 aliphatic carbocycles. The predicted molar refractivity (Wildman–Crippen MR) is 71.5 cm³/mol. The van der Waals surface area contributed by atoms with Gasteiger partial charge in [0.1, 0.15) is 0 Å². The molecule has 0 aromatic heterocycles. The van der Waals surface area contributed by atoms with Crippen molar-refractivity contribution >= 4 is 0 Å². The molecule has 1 saturated carbocycles. The molecule has 2 unspecified atom stereocenters. The highest BCUT2D eigenvalue weighted by molar-refractivity contribution is 5.01. The summed E-state index contributed by atoms with van der Waals surface area (Å²) in [6.07, 6.45) is 6.40. The Morgan fingerprint density at radius 2 is 1.81 bits per heavy atom. The molecule has 0 aromatic rings. The van der Waals surface area contributed by atoms with E-state index in [1.54, 1.807) is 0 Å². The first-order valence-electron chi connectivity index (χ1n) is 6.87. The lowest BCUT2D eigenvalue weighted by atomic mass is 9.69. The number of likely N-dealkylation sites (N-methyl/N-ethyl adjacent to an activating group) is 1. The molecule has 2 N–H and O–H groups in total. The summed E-state index contributed by atoms with van der Waals surface area (Å²) in [6.45, 7) is 6.92. The summed E-state index contributed by atoms with van der Waals surface area (Å²) in [5.41, 5.74) is 6.79. The first kappa shape index (κ1) is 14.0. The number of hydrogen-bond donors (Lipinski definition) is 1. The Morgan fingerprint density at radius 1 is 1.31 bits per heavy atom. The quantitative estimate of drug-likeness (QED) is 0.798. The van der Waals surface area contributed by atoms with Gasteiger partial charge in [0.25, 0.3) is 0 Å². The molecule has 1 rings (SSSR count). The van der Waals surface area contributed by atoms with Crippen LogP contribution in [0.15, 0.2) is 0 Å². The lowest BCUT2D eigenvalue weighted by Crippen LogP contribution is -2.61. The van der Waals surface area contributed by atoms with Crippen LogP contribution in [0.4, 0.5) is 0 Å². The van der Waals surface area contributed by atoms with Crippen LogP contribution in [0.2, 0.25) is 0 Å². The maximum absolute atomic E-state index is 6.54. The van der Waals surface area contributed by atoms with Crippen molar-refractivity contribution < 1.29 is 0 Å². The van der Waals surface area contributed by atoms with E-state index in [2.05, 4.69) is 39.8 Å². The molecular formula is C14H30N2. The van der Waals surface area contributed by atoms with Crippen molar-refractivity contribution in [1.29, 1.82) is 0 Å². The average Bonchev–Trinajstić information content (AvgIpc) is 2.28. The topological polar surface area (TPSA) is 29.3 Å². The molecule has 2 atom stereocenters. The van der Waals surface area contributed by atoms with Gasteiger partial charge in [-0.05, 0) is 51.6 Å². The first-order chi connectivity index (χ1) is 7.44. The van der Waals surface area contributed by atoms with Gasteiger partial charge in [-0.25, -0.2) is 0 Å². The maximum Gasteiger partial charge on any atom is 0.0357 e. The third-order valence-corrected chi connectivity index (χ3v) is 4.91. The van der Waals surface area contributed by atoms with Gasteiger partial charge in [-0.2, -0.15) is 0 Å². The van der Waals surface area contributed by atoms with Crippen LogP contribution >= 0.6 is 0 Å². The highest BCUT2D eigenvalue weighted by atomic mass is 15.2. The van der Waals surface area contributed by atoms with Gasteiger partial charge in [-0.1, -0.05) is 27.2 Å². The van der Waals surface area contributed by atoms with Crippen LogP contribution in [0.1, 0.15) is 52.9 Å². The van der Waals surface area contributed by atoms with Crippen LogP contribution < -0.4 is 5.73 Å².